The highest BCUT2D eigenvalue weighted by molar-refractivity contribution is 5.79. The second-order valence-electron chi connectivity index (χ2n) is 7.04. The lowest BCUT2D eigenvalue weighted by Crippen LogP contribution is -2.44. The number of rotatable bonds is 6. The van der Waals surface area contributed by atoms with E-state index in [0.29, 0.717) is 19.0 Å². The van der Waals surface area contributed by atoms with Gasteiger partial charge in [-0.1, -0.05) is 32.0 Å². The third-order valence-corrected chi connectivity index (χ3v) is 4.55. The molecule has 0 aliphatic carbocycles. The molecule has 2 heterocycles. The van der Waals surface area contributed by atoms with Crippen molar-refractivity contribution >= 4 is 11.6 Å². The fraction of sp³-hybridized carbons (Fsp3) is 0.350. The van der Waals surface area contributed by atoms with Crippen LogP contribution in [0.3, 0.4) is 0 Å². The van der Waals surface area contributed by atoms with Crippen LogP contribution in [0.2, 0.25) is 0 Å². The Bertz CT molecular complexity index is 931. The number of fused-ring (bicyclic) bond motifs is 1. The van der Waals surface area contributed by atoms with Gasteiger partial charge in [0.2, 0.25) is 0 Å². The van der Waals surface area contributed by atoms with E-state index in [1.165, 1.54) is 6.07 Å². The molecule has 2 N–H and O–H groups in total. The predicted octanol–water partition coefficient (Wildman–Crippen LogP) is 2.55. The van der Waals surface area contributed by atoms with Crippen LogP contribution in [-0.2, 0) is 11.8 Å². The zero-order valence-electron chi connectivity index (χ0n) is 15.9. The van der Waals surface area contributed by atoms with E-state index in [9.17, 15) is 4.39 Å². The average molecular weight is 368 g/mol. The van der Waals surface area contributed by atoms with Gasteiger partial charge in [0.15, 0.2) is 11.6 Å². The molecule has 2 aromatic heterocycles. The van der Waals surface area contributed by atoms with Gasteiger partial charge < -0.3 is 10.6 Å². The average Bonchev–Trinajstić information content (AvgIpc) is 3.08. The van der Waals surface area contributed by atoms with Crippen LogP contribution in [0.1, 0.15) is 25.2 Å². The van der Waals surface area contributed by atoms with Crippen molar-refractivity contribution in [1.29, 1.82) is 0 Å². The van der Waals surface area contributed by atoms with E-state index in [1.807, 2.05) is 34.9 Å². The number of guanidine groups is 1. The highest BCUT2D eigenvalue weighted by Gasteiger charge is 2.21. The first kappa shape index (κ1) is 18.8. The second kappa shape index (κ2) is 8.16. The standard InChI is InChI=1S/C20H25FN6/c1-20(2,15-7-6-8-16(21)13-15)14-24-19(22-3)23-11-10-18-26-25-17-9-4-5-12-27(17)18/h4-9,12-13H,10-11,14H2,1-3H3,(H2,22,23,24). The summed E-state index contributed by atoms with van der Waals surface area (Å²) in [7, 11) is 1.73. The van der Waals surface area contributed by atoms with Crippen LogP contribution in [0.25, 0.3) is 5.65 Å². The normalized spacial score (nSPS) is 12.4. The number of hydrogen-bond donors (Lipinski definition) is 2. The third kappa shape index (κ3) is 4.61. The summed E-state index contributed by atoms with van der Waals surface area (Å²) in [4.78, 5) is 4.26. The maximum absolute atomic E-state index is 13.5. The number of benzene rings is 1. The summed E-state index contributed by atoms with van der Waals surface area (Å²) in [5.74, 6) is 1.38. The summed E-state index contributed by atoms with van der Waals surface area (Å²) in [5.41, 5.74) is 1.55. The van der Waals surface area contributed by atoms with E-state index >= 15 is 0 Å². The minimum atomic E-state index is -0.233. The monoisotopic (exact) mass is 368 g/mol. The van der Waals surface area contributed by atoms with Gasteiger partial charge in [-0.25, -0.2) is 4.39 Å². The molecule has 0 amide bonds. The number of aromatic nitrogens is 3. The molecule has 6 nitrogen and oxygen atoms in total. The van der Waals surface area contributed by atoms with Crippen molar-refractivity contribution in [3.63, 3.8) is 0 Å². The van der Waals surface area contributed by atoms with Crippen molar-refractivity contribution in [2.75, 3.05) is 20.1 Å². The molecule has 0 aliphatic rings. The summed E-state index contributed by atoms with van der Waals surface area (Å²) < 4.78 is 15.5. The van der Waals surface area contributed by atoms with Crippen LogP contribution >= 0.6 is 0 Å². The second-order valence-corrected chi connectivity index (χ2v) is 7.04. The fourth-order valence-corrected chi connectivity index (χ4v) is 2.89. The number of nitrogens with zero attached hydrogens (tertiary/aromatic N) is 4. The first-order valence-corrected chi connectivity index (χ1v) is 8.99. The first-order chi connectivity index (χ1) is 13.0. The van der Waals surface area contributed by atoms with Gasteiger partial charge in [-0.15, -0.1) is 10.2 Å². The molecule has 0 aliphatic heterocycles. The van der Waals surface area contributed by atoms with Gasteiger partial charge in [0.05, 0.1) is 0 Å². The Morgan fingerprint density at radius 1 is 1.15 bits per heavy atom. The number of aliphatic imine (C=N–C) groups is 1. The van der Waals surface area contributed by atoms with Gasteiger partial charge in [-0.05, 0) is 29.8 Å². The SMILES string of the molecule is CN=C(NCCc1nnc2ccccn12)NCC(C)(C)c1cccc(F)c1. The largest absolute Gasteiger partial charge is 0.356 e. The molecule has 0 saturated carbocycles. The van der Waals surface area contributed by atoms with E-state index in [-0.39, 0.29) is 11.2 Å². The Morgan fingerprint density at radius 2 is 2.00 bits per heavy atom. The van der Waals surface area contributed by atoms with Crippen molar-refractivity contribution in [2.24, 2.45) is 4.99 Å². The van der Waals surface area contributed by atoms with Gasteiger partial charge in [0, 0.05) is 38.2 Å². The molecule has 0 unspecified atom stereocenters. The number of pyridine rings is 1. The van der Waals surface area contributed by atoms with Crippen molar-refractivity contribution in [1.82, 2.24) is 25.2 Å². The topological polar surface area (TPSA) is 66.6 Å². The number of hydrogen-bond acceptors (Lipinski definition) is 3. The van der Waals surface area contributed by atoms with Crippen LogP contribution in [-0.4, -0.2) is 40.7 Å². The van der Waals surface area contributed by atoms with Crippen molar-refractivity contribution in [3.8, 4) is 0 Å². The molecule has 1 aromatic carbocycles. The Labute approximate surface area is 158 Å². The molecule has 3 rings (SSSR count). The molecule has 0 spiro atoms. The lowest BCUT2D eigenvalue weighted by atomic mass is 9.84. The molecule has 7 heteroatoms. The molecule has 0 saturated heterocycles. The summed E-state index contributed by atoms with van der Waals surface area (Å²) >= 11 is 0. The summed E-state index contributed by atoms with van der Waals surface area (Å²) in [6.07, 6.45) is 2.68. The lowest BCUT2D eigenvalue weighted by molar-refractivity contribution is 0.503. The summed E-state index contributed by atoms with van der Waals surface area (Å²) in [6.45, 7) is 5.45. The van der Waals surface area contributed by atoms with Gasteiger partial charge in [-0.3, -0.25) is 9.39 Å². The molecule has 0 fully saturated rings. The highest BCUT2D eigenvalue weighted by Crippen LogP contribution is 2.22. The molecular weight excluding hydrogens is 343 g/mol. The van der Waals surface area contributed by atoms with Gasteiger partial charge in [0.1, 0.15) is 11.6 Å². The smallest absolute Gasteiger partial charge is 0.191 e. The molecule has 3 aromatic rings. The van der Waals surface area contributed by atoms with Crippen LogP contribution in [0.15, 0.2) is 53.7 Å². The van der Waals surface area contributed by atoms with E-state index < -0.39 is 0 Å². The summed E-state index contributed by atoms with van der Waals surface area (Å²) in [5, 5.41) is 15.0. The van der Waals surface area contributed by atoms with Crippen LogP contribution < -0.4 is 10.6 Å². The van der Waals surface area contributed by atoms with Gasteiger partial charge in [0.25, 0.3) is 0 Å². The lowest BCUT2D eigenvalue weighted by Gasteiger charge is -2.26. The van der Waals surface area contributed by atoms with E-state index in [0.717, 1.165) is 23.5 Å². The van der Waals surface area contributed by atoms with Crippen LogP contribution in [0.5, 0.6) is 0 Å². The maximum atomic E-state index is 13.5. The molecule has 27 heavy (non-hydrogen) atoms. The maximum Gasteiger partial charge on any atom is 0.191 e. The quantitative estimate of drug-likeness (QED) is 0.518. The van der Waals surface area contributed by atoms with Gasteiger partial charge in [-0.2, -0.15) is 0 Å². The Kier molecular flexibility index (Phi) is 5.69. The van der Waals surface area contributed by atoms with Crippen molar-refractivity contribution < 1.29 is 4.39 Å². The third-order valence-electron chi connectivity index (χ3n) is 4.55. The van der Waals surface area contributed by atoms with Crippen LogP contribution in [0, 0.1) is 5.82 Å². The number of nitrogens with one attached hydrogen (secondary N) is 2. The fourth-order valence-electron chi connectivity index (χ4n) is 2.89. The minimum absolute atomic E-state index is 0.219. The summed E-state index contributed by atoms with van der Waals surface area (Å²) in [6, 6.07) is 12.6. The Hall–Kier alpha value is -2.96. The van der Waals surface area contributed by atoms with Gasteiger partial charge >= 0.3 is 0 Å². The first-order valence-electron chi connectivity index (χ1n) is 8.99. The molecule has 0 atom stereocenters. The predicted molar refractivity (Wildman–Crippen MR) is 105 cm³/mol. The van der Waals surface area contributed by atoms with E-state index in [1.54, 1.807) is 19.2 Å². The van der Waals surface area contributed by atoms with E-state index in [2.05, 4.69) is 39.7 Å². The Morgan fingerprint density at radius 3 is 2.78 bits per heavy atom. The zero-order valence-corrected chi connectivity index (χ0v) is 15.9. The van der Waals surface area contributed by atoms with Crippen molar-refractivity contribution in [2.45, 2.75) is 25.7 Å². The molecule has 0 bridgehead atoms. The zero-order chi connectivity index (χ0) is 19.3. The van der Waals surface area contributed by atoms with Crippen LogP contribution in [0.4, 0.5) is 4.39 Å². The Balaban J connectivity index is 1.53. The van der Waals surface area contributed by atoms with Crippen molar-refractivity contribution in [3.05, 3.63) is 65.9 Å². The minimum Gasteiger partial charge on any atom is -0.356 e. The molecular formula is C20H25FN6. The molecule has 0 radical (unpaired) electrons. The van der Waals surface area contributed by atoms with E-state index in [4.69, 9.17) is 0 Å². The number of halogens is 1. The highest BCUT2D eigenvalue weighted by atomic mass is 19.1. The molecule has 142 valence electrons.